The van der Waals surface area contributed by atoms with E-state index in [2.05, 4.69) is 27.3 Å². The second-order valence-electron chi connectivity index (χ2n) is 8.05. The smallest absolute Gasteiger partial charge is 0.259 e. The fourth-order valence-corrected chi connectivity index (χ4v) is 6.39. The fourth-order valence-electron chi connectivity index (χ4n) is 4.30. The molecule has 1 aromatic carbocycles. The predicted molar refractivity (Wildman–Crippen MR) is 130 cm³/mol. The fraction of sp³-hybridized carbons (Fsp3) is 0.250. The van der Waals surface area contributed by atoms with Gasteiger partial charge in [-0.3, -0.25) is 9.36 Å². The summed E-state index contributed by atoms with van der Waals surface area (Å²) in [6, 6.07) is 13.9. The van der Waals surface area contributed by atoms with Crippen LogP contribution in [0.4, 0.5) is 0 Å². The van der Waals surface area contributed by atoms with Gasteiger partial charge in [-0.05, 0) is 48.9 Å². The van der Waals surface area contributed by atoms with Crippen LogP contribution in [-0.2, 0) is 25.1 Å². The van der Waals surface area contributed by atoms with E-state index in [4.69, 9.17) is 9.40 Å². The highest BCUT2D eigenvalue weighted by atomic mass is 32.2. The summed E-state index contributed by atoms with van der Waals surface area (Å²) >= 11 is 3.18. The Kier molecular flexibility index (Phi) is 5.35. The molecule has 6 rings (SSSR count). The Morgan fingerprint density at radius 1 is 1.09 bits per heavy atom. The monoisotopic (exact) mass is 475 g/mol. The van der Waals surface area contributed by atoms with Crippen LogP contribution < -0.4 is 5.56 Å². The first-order valence-electron chi connectivity index (χ1n) is 10.9. The molecule has 1 aliphatic rings. The number of furan rings is 1. The van der Waals surface area contributed by atoms with Crippen molar-refractivity contribution in [1.29, 1.82) is 0 Å². The van der Waals surface area contributed by atoms with Crippen molar-refractivity contribution >= 4 is 33.3 Å². The van der Waals surface area contributed by atoms with Crippen LogP contribution in [0.1, 0.15) is 34.7 Å². The number of benzene rings is 1. The molecule has 0 saturated carbocycles. The predicted octanol–water partition coefficient (Wildman–Crippen LogP) is 5.06. The molecule has 0 aliphatic heterocycles. The highest BCUT2D eigenvalue weighted by Gasteiger charge is 2.21. The minimum Gasteiger partial charge on any atom is -0.461 e. The molecule has 0 unspecified atom stereocenters. The van der Waals surface area contributed by atoms with Gasteiger partial charge in [-0.25, -0.2) is 4.98 Å². The van der Waals surface area contributed by atoms with Crippen molar-refractivity contribution in [1.82, 2.24) is 24.7 Å². The van der Waals surface area contributed by atoms with Gasteiger partial charge in [0.2, 0.25) is 5.82 Å². The molecule has 4 heterocycles. The molecule has 0 bridgehead atoms. The molecule has 0 saturated heterocycles. The second kappa shape index (κ2) is 8.64. The van der Waals surface area contributed by atoms with Crippen LogP contribution in [0.15, 0.2) is 63.1 Å². The van der Waals surface area contributed by atoms with Crippen molar-refractivity contribution in [2.24, 2.45) is 0 Å². The van der Waals surface area contributed by atoms with Gasteiger partial charge in [0.15, 0.2) is 10.9 Å². The highest BCUT2D eigenvalue weighted by Crippen LogP contribution is 2.34. The van der Waals surface area contributed by atoms with Crippen molar-refractivity contribution in [3.63, 3.8) is 0 Å². The first kappa shape index (κ1) is 20.4. The number of fused-ring (bicyclic) bond motifs is 3. The van der Waals surface area contributed by atoms with Crippen molar-refractivity contribution < 1.29 is 4.42 Å². The molecule has 7 nitrogen and oxygen atoms in total. The first-order chi connectivity index (χ1) is 16.3. The Labute approximate surface area is 197 Å². The van der Waals surface area contributed by atoms with Gasteiger partial charge in [0, 0.05) is 4.88 Å². The Balaban J connectivity index is 1.31. The van der Waals surface area contributed by atoms with E-state index in [-0.39, 0.29) is 5.56 Å². The minimum atomic E-state index is -0.0305. The largest absolute Gasteiger partial charge is 0.461 e. The zero-order chi connectivity index (χ0) is 22.2. The van der Waals surface area contributed by atoms with Crippen LogP contribution in [0.3, 0.4) is 0 Å². The molecule has 0 amide bonds. The number of thiophene rings is 1. The average Bonchev–Trinajstić information content (AvgIpc) is 3.57. The molecule has 1 N–H and O–H groups in total. The zero-order valence-electron chi connectivity index (χ0n) is 17.8. The number of aromatic amines is 1. The summed E-state index contributed by atoms with van der Waals surface area (Å²) in [5.74, 6) is 2.50. The van der Waals surface area contributed by atoms with Gasteiger partial charge in [-0.2, -0.15) is 0 Å². The molecule has 0 radical (unpaired) electrons. The van der Waals surface area contributed by atoms with Gasteiger partial charge < -0.3 is 9.40 Å². The van der Waals surface area contributed by atoms with Crippen LogP contribution in [0.2, 0.25) is 0 Å². The van der Waals surface area contributed by atoms with E-state index >= 15 is 0 Å². The van der Waals surface area contributed by atoms with Crippen molar-refractivity contribution in [2.45, 2.75) is 43.1 Å². The molecule has 4 aromatic heterocycles. The number of H-pyrrole nitrogens is 1. The SMILES string of the molecule is O=c1[nH]c(CSc2nnc(-c3ccco3)n2Cc2ccccc2)nc2sc3c(c12)CCCC3. The van der Waals surface area contributed by atoms with E-state index in [0.717, 1.165) is 40.2 Å². The van der Waals surface area contributed by atoms with Gasteiger partial charge in [-0.15, -0.1) is 21.5 Å². The normalized spacial score (nSPS) is 13.5. The van der Waals surface area contributed by atoms with Crippen LogP contribution in [-0.4, -0.2) is 24.7 Å². The van der Waals surface area contributed by atoms with E-state index in [1.807, 2.05) is 34.9 Å². The number of nitrogens with zero attached hydrogens (tertiary/aromatic N) is 4. The number of rotatable bonds is 6. The molecule has 9 heteroatoms. The summed E-state index contributed by atoms with van der Waals surface area (Å²) < 4.78 is 7.63. The van der Waals surface area contributed by atoms with E-state index in [1.54, 1.807) is 17.6 Å². The minimum absolute atomic E-state index is 0.0305. The number of nitrogens with one attached hydrogen (secondary N) is 1. The summed E-state index contributed by atoms with van der Waals surface area (Å²) in [6.07, 6.45) is 6.00. The summed E-state index contributed by atoms with van der Waals surface area (Å²) in [4.78, 5) is 22.8. The highest BCUT2D eigenvalue weighted by molar-refractivity contribution is 7.98. The Morgan fingerprint density at radius 3 is 2.82 bits per heavy atom. The lowest BCUT2D eigenvalue weighted by Crippen LogP contribution is -2.12. The maximum atomic E-state index is 12.9. The third-order valence-corrected chi connectivity index (χ3v) is 8.02. The van der Waals surface area contributed by atoms with Gasteiger partial charge in [0.1, 0.15) is 10.7 Å². The molecule has 166 valence electrons. The van der Waals surface area contributed by atoms with E-state index in [9.17, 15) is 4.79 Å². The number of thioether (sulfide) groups is 1. The Bertz CT molecular complexity index is 1470. The number of aromatic nitrogens is 5. The maximum Gasteiger partial charge on any atom is 0.259 e. The molecule has 0 spiro atoms. The van der Waals surface area contributed by atoms with Gasteiger partial charge in [-0.1, -0.05) is 42.1 Å². The van der Waals surface area contributed by atoms with Gasteiger partial charge >= 0.3 is 0 Å². The average molecular weight is 476 g/mol. The lowest BCUT2D eigenvalue weighted by molar-refractivity contribution is 0.569. The molecule has 0 atom stereocenters. The molecular weight excluding hydrogens is 454 g/mol. The number of aryl methyl sites for hydroxylation is 2. The Morgan fingerprint density at radius 2 is 1.97 bits per heavy atom. The van der Waals surface area contributed by atoms with Crippen LogP contribution in [0.5, 0.6) is 0 Å². The van der Waals surface area contributed by atoms with E-state index < -0.39 is 0 Å². The van der Waals surface area contributed by atoms with Crippen molar-refractivity contribution in [3.05, 3.63) is 80.9 Å². The van der Waals surface area contributed by atoms with E-state index in [1.165, 1.54) is 28.6 Å². The van der Waals surface area contributed by atoms with Crippen LogP contribution >= 0.6 is 23.1 Å². The molecule has 33 heavy (non-hydrogen) atoms. The molecule has 1 aliphatic carbocycles. The lowest BCUT2D eigenvalue weighted by Gasteiger charge is -2.10. The summed E-state index contributed by atoms with van der Waals surface area (Å²) in [5, 5.41) is 10.3. The van der Waals surface area contributed by atoms with Crippen molar-refractivity contribution in [3.8, 4) is 11.6 Å². The number of hydrogen-bond acceptors (Lipinski definition) is 7. The maximum absolute atomic E-state index is 12.9. The number of hydrogen-bond donors (Lipinski definition) is 1. The van der Waals surface area contributed by atoms with Gasteiger partial charge in [0.25, 0.3) is 5.56 Å². The Hall–Kier alpha value is -3.17. The second-order valence-corrected chi connectivity index (χ2v) is 10.1. The third kappa shape index (κ3) is 3.91. The van der Waals surface area contributed by atoms with Crippen molar-refractivity contribution in [2.75, 3.05) is 0 Å². The summed E-state index contributed by atoms with van der Waals surface area (Å²) in [6.45, 7) is 0.618. The zero-order valence-corrected chi connectivity index (χ0v) is 19.4. The molecule has 5 aromatic rings. The quantitative estimate of drug-likeness (QED) is 0.346. The lowest BCUT2D eigenvalue weighted by atomic mass is 9.97. The topological polar surface area (TPSA) is 89.6 Å². The van der Waals surface area contributed by atoms with E-state index in [0.29, 0.717) is 29.7 Å². The third-order valence-electron chi connectivity index (χ3n) is 5.85. The van der Waals surface area contributed by atoms with Gasteiger partial charge in [0.05, 0.1) is 23.9 Å². The van der Waals surface area contributed by atoms with Crippen LogP contribution in [0.25, 0.3) is 21.8 Å². The molecule has 0 fully saturated rings. The molecular formula is C24H21N5O2S2. The first-order valence-corrected chi connectivity index (χ1v) is 12.7. The standard InChI is InChI=1S/C24H21N5O2S2/c30-22-20-16-9-4-5-11-18(16)33-23(20)26-19(25-22)14-32-24-28-27-21(17-10-6-12-31-17)29(24)13-15-7-2-1-3-8-15/h1-3,6-8,10,12H,4-5,9,11,13-14H2,(H,25,26,30). The summed E-state index contributed by atoms with van der Waals surface area (Å²) in [7, 11) is 0. The summed E-state index contributed by atoms with van der Waals surface area (Å²) in [5.41, 5.74) is 2.32. The van der Waals surface area contributed by atoms with Crippen LogP contribution in [0, 0.1) is 0 Å².